The zero-order chi connectivity index (χ0) is 20.6. The highest BCUT2D eigenvalue weighted by Gasteiger charge is 2.60. The Hall–Kier alpha value is -2.54. The van der Waals surface area contributed by atoms with Gasteiger partial charge < -0.3 is 14.9 Å². The topological polar surface area (TPSA) is 90.8 Å². The summed E-state index contributed by atoms with van der Waals surface area (Å²) in [6.45, 7) is 4.60. The molecular weight excluding hydrogens is 358 g/mol. The smallest absolute Gasteiger partial charge is 0.327 e. The van der Waals surface area contributed by atoms with E-state index in [4.69, 9.17) is 0 Å². The molecule has 1 aromatic heterocycles. The first-order chi connectivity index (χ1) is 13.1. The van der Waals surface area contributed by atoms with E-state index in [1.807, 2.05) is 32.8 Å². The molecule has 0 spiro atoms. The molecule has 3 rings (SSSR count). The summed E-state index contributed by atoms with van der Waals surface area (Å²) in [6, 6.07) is 2.38. The molecule has 0 saturated carbocycles. The van der Waals surface area contributed by atoms with Crippen molar-refractivity contribution in [1.82, 2.24) is 14.8 Å². The van der Waals surface area contributed by atoms with Crippen LogP contribution in [0.4, 0.5) is 0 Å². The third-order valence-corrected chi connectivity index (χ3v) is 5.56. The van der Waals surface area contributed by atoms with Gasteiger partial charge in [-0.1, -0.05) is 13.8 Å². The highest BCUT2D eigenvalue weighted by molar-refractivity contribution is 6.08. The Morgan fingerprint density at radius 1 is 1.39 bits per heavy atom. The average molecular weight is 385 g/mol. The Kier molecular flexibility index (Phi) is 5.39. The van der Waals surface area contributed by atoms with E-state index in [0.29, 0.717) is 29.7 Å². The molecule has 150 valence electrons. The number of ketones is 1. The maximum Gasteiger partial charge on any atom is 0.327 e. The minimum Gasteiger partial charge on any atom is -0.480 e. The zero-order valence-corrected chi connectivity index (χ0v) is 16.8. The van der Waals surface area contributed by atoms with E-state index < -0.39 is 17.4 Å². The quantitative estimate of drug-likeness (QED) is 0.439. The number of hydrogen-bond acceptors (Lipinski definition) is 5. The second kappa shape index (κ2) is 7.47. The summed E-state index contributed by atoms with van der Waals surface area (Å²) < 4.78 is 0. The Morgan fingerprint density at radius 3 is 2.75 bits per heavy atom. The number of aliphatic carboxylic acids is 1. The van der Waals surface area contributed by atoms with Crippen molar-refractivity contribution in [2.24, 2.45) is 5.41 Å². The third-order valence-electron chi connectivity index (χ3n) is 5.56. The first kappa shape index (κ1) is 20.2. The van der Waals surface area contributed by atoms with Crippen molar-refractivity contribution < 1.29 is 19.5 Å². The number of carboxylic acid groups (broad SMARTS) is 1. The van der Waals surface area contributed by atoms with E-state index in [9.17, 15) is 19.5 Å². The highest BCUT2D eigenvalue weighted by Crippen LogP contribution is 2.49. The van der Waals surface area contributed by atoms with Gasteiger partial charge in [0.25, 0.3) is 5.91 Å². The molecule has 2 aliphatic heterocycles. The fourth-order valence-electron chi connectivity index (χ4n) is 4.18. The average Bonchev–Trinajstić information content (AvgIpc) is 2.87. The van der Waals surface area contributed by atoms with Gasteiger partial charge in [0.1, 0.15) is 6.04 Å². The van der Waals surface area contributed by atoms with Crippen molar-refractivity contribution >= 4 is 23.7 Å². The van der Waals surface area contributed by atoms with Gasteiger partial charge in [0.2, 0.25) is 0 Å². The largest absolute Gasteiger partial charge is 0.480 e. The van der Waals surface area contributed by atoms with Gasteiger partial charge in [-0.25, -0.2) is 4.79 Å². The van der Waals surface area contributed by atoms with Crippen molar-refractivity contribution in [1.29, 1.82) is 0 Å². The lowest BCUT2D eigenvalue weighted by Gasteiger charge is -2.40. The van der Waals surface area contributed by atoms with Gasteiger partial charge in [0.15, 0.2) is 5.78 Å². The van der Waals surface area contributed by atoms with Crippen molar-refractivity contribution in [3.8, 4) is 0 Å². The standard InChI is InChI=1S/C21H27N3O4/c1-21(2)12-16-15(19(26)24(16)18(21)20(27)28)11-14-10-13(7-8-22-14)17(25)6-5-9-23(3)4/h7-8,10-11,16,18H,5-6,9,12H2,1-4H3,(H,27,28)/b15-11+/t16?,18-/m0/s1. The van der Waals surface area contributed by atoms with Gasteiger partial charge in [-0.05, 0) is 57.1 Å². The van der Waals surface area contributed by atoms with E-state index in [2.05, 4.69) is 4.98 Å². The van der Waals surface area contributed by atoms with Crippen molar-refractivity contribution in [2.75, 3.05) is 20.6 Å². The lowest BCUT2D eigenvalue weighted by atomic mass is 9.83. The van der Waals surface area contributed by atoms with E-state index in [0.717, 1.165) is 13.0 Å². The summed E-state index contributed by atoms with van der Waals surface area (Å²) in [7, 11) is 3.94. The number of Topliss-reactive ketones (excluding diaryl/α,β-unsaturated/α-hetero) is 1. The number of fused-ring (bicyclic) bond motifs is 1. The Bertz CT molecular complexity index is 844. The Labute approximate surface area is 165 Å². The van der Waals surface area contributed by atoms with E-state index in [1.165, 1.54) is 4.90 Å². The summed E-state index contributed by atoms with van der Waals surface area (Å²) >= 11 is 0. The molecule has 2 aliphatic rings. The summed E-state index contributed by atoms with van der Waals surface area (Å²) in [5.41, 5.74) is 1.22. The molecule has 0 radical (unpaired) electrons. The predicted octanol–water partition coefficient (Wildman–Crippen LogP) is 2.08. The van der Waals surface area contributed by atoms with Crippen LogP contribution in [0.1, 0.15) is 49.2 Å². The molecule has 3 heterocycles. The monoisotopic (exact) mass is 385 g/mol. The number of nitrogens with zero attached hydrogens (tertiary/aromatic N) is 3. The molecule has 1 unspecified atom stereocenters. The van der Waals surface area contributed by atoms with Crippen LogP contribution in [0.5, 0.6) is 0 Å². The molecule has 7 heteroatoms. The Morgan fingerprint density at radius 2 is 2.11 bits per heavy atom. The van der Waals surface area contributed by atoms with Crippen molar-refractivity contribution in [3.05, 3.63) is 35.2 Å². The number of carbonyl (C=O) groups excluding carboxylic acids is 2. The molecule has 0 aliphatic carbocycles. The highest BCUT2D eigenvalue weighted by atomic mass is 16.4. The number of hydrogen-bond donors (Lipinski definition) is 1. The number of carboxylic acids is 1. The van der Waals surface area contributed by atoms with Crippen LogP contribution in [-0.2, 0) is 9.59 Å². The normalized spacial score (nSPS) is 24.4. The molecular formula is C21H27N3O4. The molecule has 28 heavy (non-hydrogen) atoms. The molecule has 1 amide bonds. The van der Waals surface area contributed by atoms with Crippen LogP contribution in [-0.4, -0.2) is 70.3 Å². The molecule has 2 saturated heterocycles. The fourth-order valence-corrected chi connectivity index (χ4v) is 4.18. The number of aromatic nitrogens is 1. The predicted molar refractivity (Wildman–Crippen MR) is 105 cm³/mol. The minimum atomic E-state index is -0.969. The molecule has 7 nitrogen and oxygen atoms in total. The van der Waals surface area contributed by atoms with E-state index in [1.54, 1.807) is 24.4 Å². The second-order valence-electron chi connectivity index (χ2n) is 8.56. The van der Waals surface area contributed by atoms with Crippen LogP contribution in [0.15, 0.2) is 23.9 Å². The zero-order valence-electron chi connectivity index (χ0n) is 16.8. The van der Waals surface area contributed by atoms with Gasteiger partial charge in [0.05, 0.1) is 11.7 Å². The van der Waals surface area contributed by atoms with Gasteiger partial charge in [-0.2, -0.15) is 0 Å². The van der Waals surface area contributed by atoms with Gasteiger partial charge in [-0.15, -0.1) is 0 Å². The SMILES string of the molecule is CN(C)CCCC(=O)c1ccnc(/C=C2/C(=O)N3C2CC(C)(C)[C@@H]3C(=O)O)c1. The molecule has 2 fully saturated rings. The maximum atomic E-state index is 12.6. The molecule has 0 aromatic carbocycles. The lowest BCUT2D eigenvalue weighted by Crippen LogP contribution is -2.57. The number of β-lactam (4-membered cyclic amide) rings is 1. The number of pyridine rings is 1. The summed E-state index contributed by atoms with van der Waals surface area (Å²) in [6.07, 6.45) is 5.12. The van der Waals surface area contributed by atoms with Gasteiger partial charge in [0, 0.05) is 23.8 Å². The minimum absolute atomic E-state index is 0.0541. The van der Waals surface area contributed by atoms with Crippen LogP contribution >= 0.6 is 0 Å². The number of amides is 1. The second-order valence-corrected chi connectivity index (χ2v) is 8.56. The first-order valence-corrected chi connectivity index (χ1v) is 9.53. The summed E-state index contributed by atoms with van der Waals surface area (Å²) in [5, 5.41) is 9.50. The first-order valence-electron chi connectivity index (χ1n) is 9.53. The Balaban J connectivity index is 1.76. The van der Waals surface area contributed by atoms with Crippen LogP contribution in [0, 0.1) is 5.41 Å². The van der Waals surface area contributed by atoms with Crippen LogP contribution in [0.2, 0.25) is 0 Å². The summed E-state index contributed by atoms with van der Waals surface area (Å²) in [5.74, 6) is -1.17. The van der Waals surface area contributed by atoms with Crippen LogP contribution in [0.3, 0.4) is 0 Å². The lowest BCUT2D eigenvalue weighted by molar-refractivity contribution is -0.154. The third kappa shape index (κ3) is 3.71. The number of rotatable bonds is 7. The molecule has 1 aromatic rings. The molecule has 1 N–H and O–H groups in total. The number of carbonyl (C=O) groups is 3. The maximum absolute atomic E-state index is 12.6. The van der Waals surface area contributed by atoms with Crippen LogP contribution < -0.4 is 0 Å². The fraction of sp³-hybridized carbons (Fsp3) is 0.524. The molecule has 2 atom stereocenters. The van der Waals surface area contributed by atoms with Gasteiger partial charge in [-0.3, -0.25) is 14.6 Å². The van der Waals surface area contributed by atoms with E-state index >= 15 is 0 Å². The molecule has 0 bridgehead atoms. The van der Waals surface area contributed by atoms with Crippen molar-refractivity contribution in [3.63, 3.8) is 0 Å². The van der Waals surface area contributed by atoms with E-state index in [-0.39, 0.29) is 17.7 Å². The summed E-state index contributed by atoms with van der Waals surface area (Å²) in [4.78, 5) is 44.3. The van der Waals surface area contributed by atoms with Gasteiger partial charge >= 0.3 is 5.97 Å². The van der Waals surface area contributed by atoms with Crippen molar-refractivity contribution in [2.45, 2.75) is 45.2 Å². The van der Waals surface area contributed by atoms with Crippen LogP contribution in [0.25, 0.3) is 6.08 Å².